The molecule has 3 aromatic rings. The molecule has 1 aliphatic rings. The third kappa shape index (κ3) is 4.57. The molecule has 0 saturated carbocycles. The summed E-state index contributed by atoms with van der Waals surface area (Å²) in [7, 11) is 3.28. The van der Waals surface area contributed by atoms with Gasteiger partial charge in [0.1, 0.15) is 11.5 Å². The van der Waals surface area contributed by atoms with Gasteiger partial charge in [-0.1, -0.05) is 30.3 Å². The Morgan fingerprint density at radius 1 is 1.16 bits per heavy atom. The summed E-state index contributed by atoms with van der Waals surface area (Å²) in [6, 6.07) is 15.8. The van der Waals surface area contributed by atoms with Crippen LogP contribution in [0.25, 0.3) is 0 Å². The first-order chi connectivity index (χ1) is 15.6. The van der Waals surface area contributed by atoms with E-state index in [2.05, 4.69) is 27.7 Å². The Labute approximate surface area is 187 Å². The Bertz CT molecular complexity index is 1050. The molecule has 168 valence electrons. The second-order valence-electron chi connectivity index (χ2n) is 8.06. The zero-order chi connectivity index (χ0) is 22.5. The SMILES string of the molecule is COc1ccc([C@@H](c2nnnn2Cc2ccccc2)[NH+]2CCC(C(N)=O)CC2)c(OC)c1. The van der Waals surface area contributed by atoms with Gasteiger partial charge in [-0.05, 0) is 28.1 Å². The van der Waals surface area contributed by atoms with Crippen LogP contribution in [0.4, 0.5) is 0 Å². The monoisotopic (exact) mass is 437 g/mol. The molecule has 2 aromatic carbocycles. The molecular weight excluding hydrogens is 408 g/mol. The molecule has 9 nitrogen and oxygen atoms in total. The molecule has 0 bridgehead atoms. The van der Waals surface area contributed by atoms with Crippen molar-refractivity contribution in [1.82, 2.24) is 20.2 Å². The van der Waals surface area contributed by atoms with Crippen LogP contribution in [0.1, 0.15) is 35.8 Å². The van der Waals surface area contributed by atoms with E-state index in [1.54, 1.807) is 14.2 Å². The first-order valence-corrected chi connectivity index (χ1v) is 10.8. The lowest BCUT2D eigenvalue weighted by molar-refractivity contribution is -0.931. The number of primary amides is 1. The average Bonchev–Trinajstić information content (AvgIpc) is 3.28. The summed E-state index contributed by atoms with van der Waals surface area (Å²) in [5, 5.41) is 12.7. The molecule has 1 amide bonds. The highest BCUT2D eigenvalue weighted by Gasteiger charge is 2.37. The van der Waals surface area contributed by atoms with Crippen LogP contribution in [-0.2, 0) is 11.3 Å². The maximum Gasteiger partial charge on any atom is 0.220 e. The molecule has 1 aromatic heterocycles. The minimum Gasteiger partial charge on any atom is -0.497 e. The van der Waals surface area contributed by atoms with Crippen molar-refractivity contribution in [2.45, 2.75) is 25.4 Å². The van der Waals surface area contributed by atoms with Gasteiger partial charge in [0.05, 0.1) is 39.4 Å². The zero-order valence-corrected chi connectivity index (χ0v) is 18.4. The number of rotatable bonds is 8. The number of aromatic nitrogens is 4. The molecule has 0 unspecified atom stereocenters. The molecule has 32 heavy (non-hydrogen) atoms. The van der Waals surface area contributed by atoms with Gasteiger partial charge in [0.2, 0.25) is 11.7 Å². The Hall–Kier alpha value is -3.46. The molecule has 1 fully saturated rings. The minimum absolute atomic E-state index is 0.0857. The van der Waals surface area contributed by atoms with Crippen molar-refractivity contribution >= 4 is 5.91 Å². The van der Waals surface area contributed by atoms with Gasteiger partial charge in [-0.2, -0.15) is 0 Å². The number of hydrogen-bond acceptors (Lipinski definition) is 6. The van der Waals surface area contributed by atoms with E-state index in [9.17, 15) is 4.79 Å². The number of quaternary nitrogens is 1. The van der Waals surface area contributed by atoms with E-state index >= 15 is 0 Å². The van der Waals surface area contributed by atoms with E-state index in [0.29, 0.717) is 12.3 Å². The van der Waals surface area contributed by atoms with E-state index in [4.69, 9.17) is 15.2 Å². The first-order valence-electron chi connectivity index (χ1n) is 10.8. The van der Waals surface area contributed by atoms with Crippen LogP contribution in [0.2, 0.25) is 0 Å². The normalized spacial score (nSPS) is 19.3. The number of carbonyl (C=O) groups excluding carboxylic acids is 1. The lowest BCUT2D eigenvalue weighted by Crippen LogP contribution is -3.13. The Morgan fingerprint density at radius 2 is 1.91 bits per heavy atom. The third-order valence-corrected chi connectivity index (χ3v) is 6.18. The Kier molecular flexibility index (Phi) is 6.65. The van der Waals surface area contributed by atoms with Gasteiger partial charge in [-0.3, -0.25) is 4.79 Å². The van der Waals surface area contributed by atoms with E-state index in [-0.39, 0.29) is 17.9 Å². The number of nitrogens with two attached hydrogens (primary N) is 1. The van der Waals surface area contributed by atoms with Crippen LogP contribution in [0.15, 0.2) is 48.5 Å². The molecule has 9 heteroatoms. The van der Waals surface area contributed by atoms with Gasteiger partial charge in [0.25, 0.3) is 0 Å². The lowest BCUT2D eigenvalue weighted by Gasteiger charge is -2.34. The zero-order valence-electron chi connectivity index (χ0n) is 18.4. The maximum absolute atomic E-state index is 11.7. The fourth-order valence-electron chi connectivity index (χ4n) is 4.45. The number of benzene rings is 2. The number of tetrazole rings is 1. The quantitative estimate of drug-likeness (QED) is 0.534. The van der Waals surface area contributed by atoms with Crippen molar-refractivity contribution in [2.24, 2.45) is 11.7 Å². The van der Waals surface area contributed by atoms with Crippen molar-refractivity contribution in [3.8, 4) is 11.5 Å². The topological polar surface area (TPSA) is 110 Å². The third-order valence-electron chi connectivity index (χ3n) is 6.18. The molecule has 1 aliphatic heterocycles. The van der Waals surface area contributed by atoms with E-state index in [1.807, 2.05) is 41.1 Å². The molecule has 0 aliphatic carbocycles. The van der Waals surface area contributed by atoms with E-state index in [0.717, 1.165) is 48.6 Å². The number of nitrogens with one attached hydrogen (secondary N) is 1. The van der Waals surface area contributed by atoms with Crippen molar-refractivity contribution in [3.05, 3.63) is 65.5 Å². The maximum atomic E-state index is 11.7. The Morgan fingerprint density at radius 3 is 2.56 bits per heavy atom. The van der Waals surface area contributed by atoms with Crippen LogP contribution < -0.4 is 20.1 Å². The molecule has 3 N–H and O–H groups in total. The summed E-state index contributed by atoms with van der Waals surface area (Å²) in [6.07, 6.45) is 1.47. The predicted molar refractivity (Wildman–Crippen MR) is 117 cm³/mol. The van der Waals surface area contributed by atoms with Gasteiger partial charge in [0.15, 0.2) is 6.04 Å². The van der Waals surface area contributed by atoms with Gasteiger partial charge in [-0.25, -0.2) is 4.68 Å². The smallest absolute Gasteiger partial charge is 0.220 e. The number of piperidine rings is 1. The summed E-state index contributed by atoms with van der Waals surface area (Å²) in [5.41, 5.74) is 7.66. The first kappa shape index (κ1) is 21.8. The molecule has 1 saturated heterocycles. The van der Waals surface area contributed by atoms with Crippen molar-refractivity contribution in [1.29, 1.82) is 0 Å². The van der Waals surface area contributed by atoms with Crippen LogP contribution in [-0.4, -0.2) is 53.4 Å². The number of ether oxygens (including phenoxy) is 2. The fourth-order valence-corrected chi connectivity index (χ4v) is 4.45. The number of nitrogens with zero attached hydrogens (tertiary/aromatic N) is 4. The predicted octanol–water partition coefficient (Wildman–Crippen LogP) is 0.608. The summed E-state index contributed by atoms with van der Waals surface area (Å²) in [6.45, 7) is 2.13. The second kappa shape index (κ2) is 9.78. The van der Waals surface area contributed by atoms with Gasteiger partial charge in [-0.15, -0.1) is 5.10 Å². The number of likely N-dealkylation sites (tertiary alicyclic amines) is 1. The molecule has 1 atom stereocenters. The number of amides is 1. The van der Waals surface area contributed by atoms with E-state index < -0.39 is 0 Å². The molecule has 4 rings (SSSR count). The average molecular weight is 438 g/mol. The van der Waals surface area contributed by atoms with Crippen molar-refractivity contribution in [3.63, 3.8) is 0 Å². The molecule has 2 heterocycles. The number of hydrogen-bond donors (Lipinski definition) is 2. The molecule has 0 spiro atoms. The van der Waals surface area contributed by atoms with E-state index in [1.165, 1.54) is 4.90 Å². The lowest BCUT2D eigenvalue weighted by atomic mass is 9.93. The van der Waals surface area contributed by atoms with Crippen LogP contribution in [0, 0.1) is 5.92 Å². The highest BCUT2D eigenvalue weighted by molar-refractivity contribution is 5.76. The fraction of sp³-hybridized carbons (Fsp3) is 0.391. The van der Waals surface area contributed by atoms with Crippen LogP contribution >= 0.6 is 0 Å². The standard InChI is InChI=1S/C23H28N6O3/c1-31-18-8-9-19(20(14-18)32-2)21(28-12-10-17(11-13-28)22(24)30)23-25-26-27-29(23)15-16-6-4-3-5-7-16/h3-9,14,17,21H,10-13,15H2,1-2H3,(H2,24,30)/p+1/t21-/m0/s1. The largest absolute Gasteiger partial charge is 0.497 e. The summed E-state index contributed by atoms with van der Waals surface area (Å²) < 4.78 is 13.0. The molecular formula is C23H29N6O3+. The van der Waals surface area contributed by atoms with Crippen molar-refractivity contribution < 1.29 is 19.2 Å². The number of carbonyl (C=O) groups is 1. The minimum atomic E-state index is -0.225. The highest BCUT2D eigenvalue weighted by atomic mass is 16.5. The second-order valence-corrected chi connectivity index (χ2v) is 8.06. The summed E-state index contributed by atoms with van der Waals surface area (Å²) in [5.74, 6) is 1.88. The van der Waals surface area contributed by atoms with Gasteiger partial charge in [0, 0.05) is 24.8 Å². The summed E-state index contributed by atoms with van der Waals surface area (Å²) >= 11 is 0. The number of methoxy groups -OCH3 is 2. The van der Waals surface area contributed by atoms with Crippen molar-refractivity contribution in [2.75, 3.05) is 27.3 Å². The van der Waals surface area contributed by atoms with Gasteiger partial charge < -0.3 is 20.1 Å². The molecule has 0 radical (unpaired) electrons. The van der Waals surface area contributed by atoms with Crippen LogP contribution in [0.5, 0.6) is 11.5 Å². The Balaban J connectivity index is 1.73. The summed E-state index contributed by atoms with van der Waals surface area (Å²) in [4.78, 5) is 13.0. The van der Waals surface area contributed by atoms with Crippen LogP contribution in [0.3, 0.4) is 0 Å². The highest BCUT2D eigenvalue weighted by Crippen LogP contribution is 2.31. The van der Waals surface area contributed by atoms with Gasteiger partial charge >= 0.3 is 0 Å².